The van der Waals surface area contributed by atoms with Crippen molar-refractivity contribution in [2.45, 2.75) is 24.8 Å². The average Bonchev–Trinajstić information content (AvgIpc) is 2.25. The fraction of sp³-hybridized carbons (Fsp3) is 0.364. The molecule has 1 atom stereocenters. The maximum absolute atomic E-state index is 12.1. The summed E-state index contributed by atoms with van der Waals surface area (Å²) in [7, 11) is -3.86. The van der Waals surface area contributed by atoms with E-state index >= 15 is 0 Å². The van der Waals surface area contributed by atoms with Gasteiger partial charge in [-0.05, 0) is 34.0 Å². The molecule has 0 radical (unpaired) electrons. The van der Waals surface area contributed by atoms with Gasteiger partial charge < -0.3 is 5.11 Å². The van der Waals surface area contributed by atoms with Gasteiger partial charge in [-0.15, -0.1) is 0 Å². The second-order valence-electron chi connectivity index (χ2n) is 4.11. The molecule has 5 nitrogen and oxygen atoms in total. The number of carbonyl (C=O) groups is 1. The Balaban J connectivity index is 3.09. The molecule has 100 valence electrons. The first-order chi connectivity index (χ1) is 8.25. The SMILES string of the molecule is CC(C)[C@@H](NS(=O)(=O)c1ccccc1Br)C(=O)O. The van der Waals surface area contributed by atoms with E-state index in [2.05, 4.69) is 20.7 Å². The van der Waals surface area contributed by atoms with Gasteiger partial charge in [0, 0.05) is 4.47 Å². The maximum atomic E-state index is 12.1. The topological polar surface area (TPSA) is 83.5 Å². The zero-order valence-electron chi connectivity index (χ0n) is 9.92. The predicted octanol–water partition coefficient (Wildman–Crippen LogP) is 1.84. The van der Waals surface area contributed by atoms with Crippen molar-refractivity contribution in [3.05, 3.63) is 28.7 Å². The van der Waals surface area contributed by atoms with Crippen molar-refractivity contribution < 1.29 is 18.3 Å². The quantitative estimate of drug-likeness (QED) is 0.859. The minimum atomic E-state index is -3.86. The Kier molecular flexibility index (Phi) is 4.89. The van der Waals surface area contributed by atoms with Gasteiger partial charge >= 0.3 is 5.97 Å². The molecular weight excluding hydrogens is 322 g/mol. The summed E-state index contributed by atoms with van der Waals surface area (Å²) in [5.41, 5.74) is 0. The Morgan fingerprint density at radius 3 is 2.33 bits per heavy atom. The molecule has 0 fully saturated rings. The molecule has 0 unspecified atom stereocenters. The standard InChI is InChI=1S/C11H14BrNO4S/c1-7(2)10(11(14)15)13-18(16,17)9-6-4-3-5-8(9)12/h3-7,10,13H,1-2H3,(H,14,15)/t10-/m1/s1. The first-order valence-electron chi connectivity index (χ1n) is 5.25. The zero-order valence-corrected chi connectivity index (χ0v) is 12.3. The number of hydrogen-bond acceptors (Lipinski definition) is 3. The van der Waals surface area contributed by atoms with Gasteiger partial charge in [-0.3, -0.25) is 4.79 Å². The van der Waals surface area contributed by atoms with E-state index in [1.165, 1.54) is 6.07 Å². The monoisotopic (exact) mass is 335 g/mol. The van der Waals surface area contributed by atoms with Crippen LogP contribution in [0, 0.1) is 5.92 Å². The maximum Gasteiger partial charge on any atom is 0.322 e. The highest BCUT2D eigenvalue weighted by atomic mass is 79.9. The van der Waals surface area contributed by atoms with E-state index in [1.807, 2.05) is 0 Å². The van der Waals surface area contributed by atoms with E-state index in [1.54, 1.807) is 32.0 Å². The van der Waals surface area contributed by atoms with Crippen molar-refractivity contribution in [2.24, 2.45) is 5.92 Å². The number of sulfonamides is 1. The van der Waals surface area contributed by atoms with Crippen LogP contribution in [0.25, 0.3) is 0 Å². The van der Waals surface area contributed by atoms with Gasteiger partial charge in [-0.2, -0.15) is 4.72 Å². The summed E-state index contributed by atoms with van der Waals surface area (Å²) < 4.78 is 26.7. The van der Waals surface area contributed by atoms with Gasteiger partial charge in [0.1, 0.15) is 6.04 Å². The number of benzene rings is 1. The molecule has 1 aromatic rings. The molecule has 0 aliphatic carbocycles. The summed E-state index contributed by atoms with van der Waals surface area (Å²) in [5, 5.41) is 8.98. The van der Waals surface area contributed by atoms with Crippen LogP contribution in [0.1, 0.15) is 13.8 Å². The molecule has 0 spiro atoms. The molecule has 0 aliphatic rings. The Morgan fingerprint density at radius 1 is 1.33 bits per heavy atom. The minimum Gasteiger partial charge on any atom is -0.480 e. The third-order valence-electron chi connectivity index (χ3n) is 2.34. The van der Waals surface area contributed by atoms with Gasteiger partial charge in [0.25, 0.3) is 0 Å². The highest BCUT2D eigenvalue weighted by Crippen LogP contribution is 2.21. The molecule has 0 heterocycles. The van der Waals surface area contributed by atoms with Crippen molar-refractivity contribution in [2.75, 3.05) is 0 Å². The third kappa shape index (κ3) is 3.54. The molecule has 1 rings (SSSR count). The summed E-state index contributed by atoms with van der Waals surface area (Å²) in [6, 6.07) is 5.10. The van der Waals surface area contributed by atoms with Crippen molar-refractivity contribution >= 4 is 31.9 Å². The first kappa shape index (κ1) is 15.1. The van der Waals surface area contributed by atoms with Crippen LogP contribution in [0.5, 0.6) is 0 Å². The first-order valence-corrected chi connectivity index (χ1v) is 7.53. The fourth-order valence-corrected chi connectivity index (χ4v) is 3.71. The lowest BCUT2D eigenvalue weighted by atomic mass is 10.1. The number of carboxylic acid groups (broad SMARTS) is 1. The molecule has 1 aromatic carbocycles. The number of aliphatic carboxylic acids is 1. The minimum absolute atomic E-state index is 0.0249. The van der Waals surface area contributed by atoms with Crippen molar-refractivity contribution in [3.8, 4) is 0 Å². The Hall–Kier alpha value is -0.920. The van der Waals surface area contributed by atoms with Crippen LogP contribution in [0.2, 0.25) is 0 Å². The van der Waals surface area contributed by atoms with Crippen LogP contribution in [-0.2, 0) is 14.8 Å². The second-order valence-corrected chi connectivity index (χ2v) is 6.65. The molecule has 0 amide bonds. The van der Waals surface area contributed by atoms with Gasteiger partial charge in [-0.25, -0.2) is 8.42 Å². The number of nitrogens with one attached hydrogen (secondary N) is 1. The van der Waals surface area contributed by atoms with E-state index in [9.17, 15) is 13.2 Å². The van der Waals surface area contributed by atoms with Crippen LogP contribution in [-0.4, -0.2) is 25.5 Å². The smallest absolute Gasteiger partial charge is 0.322 e. The van der Waals surface area contributed by atoms with Crippen molar-refractivity contribution in [3.63, 3.8) is 0 Å². The summed E-state index contributed by atoms with van der Waals surface area (Å²) in [6.45, 7) is 3.28. The van der Waals surface area contributed by atoms with Crippen molar-refractivity contribution in [1.29, 1.82) is 0 Å². The lowest BCUT2D eigenvalue weighted by Gasteiger charge is -2.18. The van der Waals surface area contributed by atoms with Crippen LogP contribution in [0.3, 0.4) is 0 Å². The lowest BCUT2D eigenvalue weighted by Crippen LogP contribution is -2.44. The Bertz CT molecular complexity index is 542. The van der Waals surface area contributed by atoms with Crippen LogP contribution >= 0.6 is 15.9 Å². The lowest BCUT2D eigenvalue weighted by molar-refractivity contribution is -0.140. The van der Waals surface area contributed by atoms with Gasteiger partial charge in [0.15, 0.2) is 0 Å². The highest BCUT2D eigenvalue weighted by Gasteiger charge is 2.28. The van der Waals surface area contributed by atoms with Crippen LogP contribution in [0.4, 0.5) is 0 Å². The van der Waals surface area contributed by atoms with E-state index in [-0.39, 0.29) is 10.8 Å². The summed E-state index contributed by atoms with van der Waals surface area (Å²) in [5.74, 6) is -1.54. The molecule has 0 bridgehead atoms. The normalized spacial score (nSPS) is 13.6. The molecule has 0 aromatic heterocycles. The van der Waals surface area contributed by atoms with Crippen LogP contribution in [0.15, 0.2) is 33.6 Å². The fourth-order valence-electron chi connectivity index (χ4n) is 1.36. The molecule has 0 saturated carbocycles. The number of carboxylic acids is 1. The molecule has 18 heavy (non-hydrogen) atoms. The number of halogens is 1. The summed E-state index contributed by atoms with van der Waals surface area (Å²) in [6.07, 6.45) is 0. The predicted molar refractivity (Wildman–Crippen MR) is 70.7 cm³/mol. The van der Waals surface area contributed by atoms with Gasteiger partial charge in [0.2, 0.25) is 10.0 Å². The van der Waals surface area contributed by atoms with Crippen molar-refractivity contribution in [1.82, 2.24) is 4.72 Å². The molecule has 0 aliphatic heterocycles. The Morgan fingerprint density at radius 2 is 1.89 bits per heavy atom. The van der Waals surface area contributed by atoms with E-state index in [4.69, 9.17) is 5.11 Å². The Labute approximate surface area is 114 Å². The summed E-state index contributed by atoms with van der Waals surface area (Å²) >= 11 is 3.13. The third-order valence-corrected chi connectivity index (χ3v) is 4.79. The second kappa shape index (κ2) is 5.81. The van der Waals surface area contributed by atoms with Gasteiger partial charge in [0.05, 0.1) is 4.90 Å². The zero-order chi connectivity index (χ0) is 13.9. The molecule has 0 saturated heterocycles. The van der Waals surface area contributed by atoms with Crippen LogP contribution < -0.4 is 4.72 Å². The average molecular weight is 336 g/mol. The van der Waals surface area contributed by atoms with E-state index in [0.717, 1.165) is 0 Å². The molecular formula is C11H14BrNO4S. The number of hydrogen-bond donors (Lipinski definition) is 2. The molecule has 2 N–H and O–H groups in total. The largest absolute Gasteiger partial charge is 0.480 e. The summed E-state index contributed by atoms with van der Waals surface area (Å²) in [4.78, 5) is 11.0. The van der Waals surface area contributed by atoms with E-state index < -0.39 is 22.0 Å². The van der Waals surface area contributed by atoms with E-state index in [0.29, 0.717) is 4.47 Å². The number of rotatable bonds is 5. The van der Waals surface area contributed by atoms with Gasteiger partial charge in [-0.1, -0.05) is 26.0 Å². The molecule has 7 heteroatoms. The highest BCUT2D eigenvalue weighted by molar-refractivity contribution is 9.10.